The molecular formula is C15H23ClN2O4. The molecule has 7 heteroatoms. The van der Waals surface area contributed by atoms with Crippen molar-refractivity contribution in [2.75, 3.05) is 46.4 Å². The van der Waals surface area contributed by atoms with E-state index in [1.165, 1.54) is 6.20 Å². The molecule has 0 fully saturated rings. The minimum atomic E-state index is 0.351. The highest BCUT2D eigenvalue weighted by Gasteiger charge is 2.12. The van der Waals surface area contributed by atoms with Crippen molar-refractivity contribution in [3.63, 3.8) is 0 Å². The summed E-state index contributed by atoms with van der Waals surface area (Å²) < 4.78 is 21.3. The maximum Gasteiger partial charge on any atom is 0.163 e. The molecule has 6 nitrogen and oxygen atoms in total. The van der Waals surface area contributed by atoms with E-state index >= 15 is 0 Å². The second-order valence-corrected chi connectivity index (χ2v) is 4.82. The molecule has 0 atom stereocenters. The van der Waals surface area contributed by atoms with Gasteiger partial charge in [-0.25, -0.2) is 0 Å². The zero-order valence-electron chi connectivity index (χ0n) is 12.9. The van der Waals surface area contributed by atoms with E-state index < -0.39 is 0 Å². The Kier molecular flexibility index (Phi) is 8.50. The Balaban J connectivity index is 2.58. The molecule has 124 valence electrons. The number of hydrogen-bond acceptors (Lipinski definition) is 6. The van der Waals surface area contributed by atoms with Crippen LogP contribution < -0.4 is 20.9 Å². The Bertz CT molecular complexity index is 495. The van der Waals surface area contributed by atoms with Crippen LogP contribution in [0.1, 0.15) is 12.0 Å². The van der Waals surface area contributed by atoms with Crippen LogP contribution in [0.25, 0.3) is 5.03 Å². The number of nitrogens with two attached hydrogens (primary N) is 2. The number of methoxy groups -OCH3 is 2. The number of rotatable bonds is 10. The van der Waals surface area contributed by atoms with Gasteiger partial charge in [-0.3, -0.25) is 0 Å². The summed E-state index contributed by atoms with van der Waals surface area (Å²) in [7, 11) is 3.21. The second-order valence-electron chi connectivity index (χ2n) is 4.41. The molecule has 1 rings (SSSR count). The van der Waals surface area contributed by atoms with Crippen LogP contribution in [-0.2, 0) is 9.47 Å². The van der Waals surface area contributed by atoms with Crippen molar-refractivity contribution in [2.24, 2.45) is 5.73 Å². The van der Waals surface area contributed by atoms with Crippen LogP contribution in [0.15, 0.2) is 18.3 Å². The molecule has 0 aliphatic carbocycles. The first-order valence-corrected chi connectivity index (χ1v) is 7.26. The van der Waals surface area contributed by atoms with Gasteiger partial charge in [0.15, 0.2) is 11.5 Å². The van der Waals surface area contributed by atoms with E-state index in [1.54, 1.807) is 26.4 Å². The highest BCUT2D eigenvalue weighted by Crippen LogP contribution is 2.36. The lowest BCUT2D eigenvalue weighted by molar-refractivity contribution is 0.0800. The SMILES string of the molecule is COCCCOCCOc1cc(N)c(/C(Cl)=C\N)cc1OC. The smallest absolute Gasteiger partial charge is 0.163 e. The predicted molar refractivity (Wildman–Crippen MR) is 88.2 cm³/mol. The fraction of sp³-hybridized carbons (Fsp3) is 0.467. The van der Waals surface area contributed by atoms with Gasteiger partial charge in [0, 0.05) is 43.8 Å². The molecule has 0 aliphatic rings. The van der Waals surface area contributed by atoms with Gasteiger partial charge in [-0.1, -0.05) is 11.6 Å². The zero-order valence-corrected chi connectivity index (χ0v) is 13.7. The minimum Gasteiger partial charge on any atom is -0.493 e. The number of ether oxygens (including phenoxy) is 4. The van der Waals surface area contributed by atoms with Gasteiger partial charge in [-0.05, 0) is 12.5 Å². The van der Waals surface area contributed by atoms with Crippen LogP contribution in [0.5, 0.6) is 11.5 Å². The van der Waals surface area contributed by atoms with Crippen molar-refractivity contribution < 1.29 is 18.9 Å². The maximum atomic E-state index is 5.99. The van der Waals surface area contributed by atoms with Gasteiger partial charge in [0.1, 0.15) is 6.61 Å². The van der Waals surface area contributed by atoms with Crippen molar-refractivity contribution in [2.45, 2.75) is 6.42 Å². The van der Waals surface area contributed by atoms with Gasteiger partial charge in [0.25, 0.3) is 0 Å². The van der Waals surface area contributed by atoms with Gasteiger partial charge in [-0.15, -0.1) is 0 Å². The molecule has 0 aliphatic heterocycles. The molecule has 0 heterocycles. The molecule has 22 heavy (non-hydrogen) atoms. The molecule has 0 saturated carbocycles. The van der Waals surface area contributed by atoms with Crippen LogP contribution in [0.4, 0.5) is 5.69 Å². The van der Waals surface area contributed by atoms with Crippen LogP contribution in [-0.4, -0.2) is 40.6 Å². The third-order valence-corrected chi connectivity index (χ3v) is 3.19. The summed E-state index contributed by atoms with van der Waals surface area (Å²) >= 11 is 5.99. The fourth-order valence-corrected chi connectivity index (χ4v) is 1.93. The van der Waals surface area contributed by atoms with Crippen molar-refractivity contribution in [3.05, 3.63) is 23.9 Å². The van der Waals surface area contributed by atoms with E-state index in [2.05, 4.69) is 0 Å². The van der Waals surface area contributed by atoms with Crippen molar-refractivity contribution in [1.29, 1.82) is 0 Å². The van der Waals surface area contributed by atoms with Crippen LogP contribution in [0.2, 0.25) is 0 Å². The van der Waals surface area contributed by atoms with Gasteiger partial charge < -0.3 is 30.4 Å². The van der Waals surface area contributed by atoms with Crippen LogP contribution in [0, 0.1) is 0 Å². The van der Waals surface area contributed by atoms with E-state index in [0.717, 1.165) is 6.42 Å². The summed E-state index contributed by atoms with van der Waals surface area (Å²) in [6.07, 6.45) is 2.13. The van der Waals surface area contributed by atoms with Crippen molar-refractivity contribution in [1.82, 2.24) is 0 Å². The standard InChI is InChI=1S/C15H23ClN2O4/c1-19-4-3-5-21-6-7-22-15-9-13(18)11(12(16)10-17)8-14(15)20-2/h8-10H,3-7,17-18H2,1-2H3/b12-10+. The summed E-state index contributed by atoms with van der Waals surface area (Å²) in [5.74, 6) is 1.06. The van der Waals surface area contributed by atoms with Gasteiger partial charge in [0.05, 0.1) is 18.7 Å². The molecule has 1 aromatic carbocycles. The molecular weight excluding hydrogens is 308 g/mol. The summed E-state index contributed by atoms with van der Waals surface area (Å²) in [4.78, 5) is 0. The summed E-state index contributed by atoms with van der Waals surface area (Å²) in [6.45, 7) is 2.18. The normalized spacial score (nSPS) is 11.5. The van der Waals surface area contributed by atoms with Crippen LogP contribution in [0.3, 0.4) is 0 Å². The average Bonchev–Trinajstić information content (AvgIpc) is 2.53. The first-order chi connectivity index (χ1) is 10.6. The Morgan fingerprint density at radius 2 is 1.91 bits per heavy atom. The molecule has 0 saturated heterocycles. The number of halogens is 1. The van der Waals surface area contributed by atoms with Gasteiger partial charge >= 0.3 is 0 Å². The molecule has 1 aromatic rings. The van der Waals surface area contributed by atoms with E-state index in [0.29, 0.717) is 54.2 Å². The highest BCUT2D eigenvalue weighted by molar-refractivity contribution is 6.49. The fourth-order valence-electron chi connectivity index (χ4n) is 1.76. The van der Waals surface area contributed by atoms with E-state index in [4.69, 9.17) is 42.0 Å². The number of nitrogen functional groups attached to an aromatic ring is 1. The summed E-state index contributed by atoms with van der Waals surface area (Å²) in [6, 6.07) is 3.35. The zero-order chi connectivity index (χ0) is 16.4. The van der Waals surface area contributed by atoms with Gasteiger partial charge in [0.2, 0.25) is 0 Å². The van der Waals surface area contributed by atoms with Crippen LogP contribution >= 0.6 is 11.6 Å². The quantitative estimate of drug-likeness (QED) is 0.505. The largest absolute Gasteiger partial charge is 0.493 e. The Morgan fingerprint density at radius 3 is 2.55 bits per heavy atom. The topological polar surface area (TPSA) is 89.0 Å². The number of benzene rings is 1. The Hall–Kier alpha value is -1.63. The van der Waals surface area contributed by atoms with Gasteiger partial charge in [-0.2, -0.15) is 0 Å². The minimum absolute atomic E-state index is 0.351. The first kappa shape index (κ1) is 18.4. The molecule has 0 amide bonds. The third-order valence-electron chi connectivity index (χ3n) is 2.86. The van der Waals surface area contributed by atoms with E-state index in [-0.39, 0.29) is 0 Å². The first-order valence-electron chi connectivity index (χ1n) is 6.88. The highest BCUT2D eigenvalue weighted by atomic mass is 35.5. The average molecular weight is 331 g/mol. The molecule has 0 radical (unpaired) electrons. The molecule has 0 aromatic heterocycles. The molecule has 0 unspecified atom stereocenters. The Labute approximate surface area is 135 Å². The molecule has 4 N–H and O–H groups in total. The number of anilines is 1. The number of hydrogen-bond donors (Lipinski definition) is 2. The molecule has 0 bridgehead atoms. The van der Waals surface area contributed by atoms with E-state index in [1.807, 2.05) is 0 Å². The van der Waals surface area contributed by atoms with Crippen molar-refractivity contribution >= 4 is 22.3 Å². The van der Waals surface area contributed by atoms with E-state index in [9.17, 15) is 0 Å². The second kappa shape index (κ2) is 10.2. The third kappa shape index (κ3) is 5.63. The lowest BCUT2D eigenvalue weighted by Gasteiger charge is -2.14. The summed E-state index contributed by atoms with van der Waals surface area (Å²) in [5, 5.41) is 0.351. The monoisotopic (exact) mass is 330 g/mol. The predicted octanol–water partition coefficient (Wildman–Crippen LogP) is 2.21. The van der Waals surface area contributed by atoms with Crippen molar-refractivity contribution in [3.8, 4) is 11.5 Å². The lowest BCUT2D eigenvalue weighted by Crippen LogP contribution is -2.09. The lowest BCUT2D eigenvalue weighted by atomic mass is 10.1. The maximum absolute atomic E-state index is 5.99. The Morgan fingerprint density at radius 1 is 1.14 bits per heavy atom. The summed E-state index contributed by atoms with van der Waals surface area (Å²) in [5.41, 5.74) is 12.4. The molecule has 0 spiro atoms.